The molecule has 0 bridgehead atoms. The van der Waals surface area contributed by atoms with E-state index >= 15 is 0 Å². The second kappa shape index (κ2) is 8.44. The van der Waals surface area contributed by atoms with Crippen LogP contribution in [0.3, 0.4) is 0 Å². The standard InChI is InChI=1S/C19H26N2O/c1-3-20-13-12-16-8-10-17(11-9-16)15-21(4-2)18-6-5-7-19(22)14-18/h5-11,14,20,22H,3-4,12-13,15H2,1-2H3. The monoisotopic (exact) mass is 298 g/mol. The van der Waals surface area contributed by atoms with Gasteiger partial charge in [-0.1, -0.05) is 37.3 Å². The molecule has 2 aromatic rings. The molecule has 22 heavy (non-hydrogen) atoms. The lowest BCUT2D eigenvalue weighted by atomic mass is 10.1. The van der Waals surface area contributed by atoms with E-state index in [1.165, 1.54) is 11.1 Å². The summed E-state index contributed by atoms with van der Waals surface area (Å²) in [6, 6.07) is 16.3. The number of benzene rings is 2. The van der Waals surface area contributed by atoms with Gasteiger partial charge < -0.3 is 15.3 Å². The number of nitrogens with zero attached hydrogens (tertiary/aromatic N) is 1. The summed E-state index contributed by atoms with van der Waals surface area (Å²) in [6.07, 6.45) is 1.07. The second-order valence-electron chi connectivity index (χ2n) is 5.45. The molecule has 0 aliphatic heterocycles. The number of nitrogens with one attached hydrogen (secondary N) is 1. The van der Waals surface area contributed by atoms with E-state index in [0.29, 0.717) is 5.75 Å². The van der Waals surface area contributed by atoms with Gasteiger partial charge in [0.15, 0.2) is 0 Å². The first kappa shape index (κ1) is 16.4. The normalized spacial score (nSPS) is 10.6. The smallest absolute Gasteiger partial charge is 0.117 e. The number of aromatic hydroxyl groups is 1. The van der Waals surface area contributed by atoms with Gasteiger partial charge in [-0.05, 0) is 49.7 Å². The molecule has 0 fully saturated rings. The van der Waals surface area contributed by atoms with E-state index in [0.717, 1.165) is 38.3 Å². The molecular weight excluding hydrogens is 272 g/mol. The molecule has 0 radical (unpaired) electrons. The molecule has 2 rings (SSSR count). The second-order valence-corrected chi connectivity index (χ2v) is 5.45. The van der Waals surface area contributed by atoms with E-state index in [4.69, 9.17) is 0 Å². The van der Waals surface area contributed by atoms with Gasteiger partial charge >= 0.3 is 0 Å². The maximum atomic E-state index is 9.63. The predicted molar refractivity (Wildman–Crippen MR) is 93.5 cm³/mol. The van der Waals surface area contributed by atoms with Crippen LogP contribution in [0.2, 0.25) is 0 Å². The Morgan fingerprint density at radius 2 is 1.73 bits per heavy atom. The van der Waals surface area contributed by atoms with E-state index in [-0.39, 0.29) is 0 Å². The van der Waals surface area contributed by atoms with Crippen LogP contribution in [0.5, 0.6) is 5.75 Å². The summed E-state index contributed by atoms with van der Waals surface area (Å²) < 4.78 is 0. The van der Waals surface area contributed by atoms with Crippen LogP contribution in [0.1, 0.15) is 25.0 Å². The Labute approximate surface area is 133 Å². The highest BCUT2D eigenvalue weighted by Crippen LogP contribution is 2.21. The molecule has 0 amide bonds. The fourth-order valence-electron chi connectivity index (χ4n) is 2.52. The summed E-state index contributed by atoms with van der Waals surface area (Å²) in [5.41, 5.74) is 3.71. The third-order valence-electron chi connectivity index (χ3n) is 3.81. The van der Waals surface area contributed by atoms with Crippen LogP contribution in [-0.2, 0) is 13.0 Å². The van der Waals surface area contributed by atoms with E-state index in [2.05, 4.69) is 48.3 Å². The first-order chi connectivity index (χ1) is 10.7. The van der Waals surface area contributed by atoms with Crippen molar-refractivity contribution in [2.24, 2.45) is 0 Å². The molecule has 0 saturated carbocycles. The Kier molecular flexibility index (Phi) is 6.28. The fraction of sp³-hybridized carbons (Fsp3) is 0.368. The van der Waals surface area contributed by atoms with Gasteiger partial charge in [-0.3, -0.25) is 0 Å². The van der Waals surface area contributed by atoms with E-state index < -0.39 is 0 Å². The van der Waals surface area contributed by atoms with Crippen molar-refractivity contribution in [2.45, 2.75) is 26.8 Å². The van der Waals surface area contributed by atoms with Gasteiger partial charge in [0, 0.05) is 24.8 Å². The van der Waals surface area contributed by atoms with Gasteiger partial charge in [0.2, 0.25) is 0 Å². The first-order valence-electron chi connectivity index (χ1n) is 8.05. The van der Waals surface area contributed by atoms with Crippen molar-refractivity contribution in [2.75, 3.05) is 24.5 Å². The molecule has 0 aliphatic carbocycles. The SMILES string of the molecule is CCNCCc1ccc(CN(CC)c2cccc(O)c2)cc1. The molecule has 0 heterocycles. The van der Waals surface area contributed by atoms with Gasteiger partial charge in [-0.2, -0.15) is 0 Å². The zero-order valence-corrected chi connectivity index (χ0v) is 13.5. The van der Waals surface area contributed by atoms with Gasteiger partial charge in [-0.25, -0.2) is 0 Å². The molecule has 3 nitrogen and oxygen atoms in total. The fourth-order valence-corrected chi connectivity index (χ4v) is 2.52. The van der Waals surface area contributed by atoms with E-state index in [1.807, 2.05) is 18.2 Å². The Hall–Kier alpha value is -2.00. The Morgan fingerprint density at radius 3 is 2.36 bits per heavy atom. The van der Waals surface area contributed by atoms with Crippen LogP contribution >= 0.6 is 0 Å². The van der Waals surface area contributed by atoms with E-state index in [9.17, 15) is 5.11 Å². The van der Waals surface area contributed by atoms with E-state index in [1.54, 1.807) is 6.07 Å². The summed E-state index contributed by atoms with van der Waals surface area (Å²) in [5.74, 6) is 0.315. The largest absolute Gasteiger partial charge is 0.508 e. The molecule has 0 aromatic heterocycles. The molecule has 0 atom stereocenters. The van der Waals surface area contributed by atoms with Crippen molar-refractivity contribution < 1.29 is 5.11 Å². The number of hydrogen-bond donors (Lipinski definition) is 2. The van der Waals surface area contributed by atoms with Crippen LogP contribution < -0.4 is 10.2 Å². The van der Waals surface area contributed by atoms with Crippen LogP contribution in [0.25, 0.3) is 0 Å². The average molecular weight is 298 g/mol. The van der Waals surface area contributed by atoms with Gasteiger partial charge in [0.1, 0.15) is 5.75 Å². The van der Waals surface area contributed by atoms with Gasteiger partial charge in [0.05, 0.1) is 0 Å². The van der Waals surface area contributed by atoms with Crippen molar-refractivity contribution in [3.63, 3.8) is 0 Å². The number of rotatable bonds is 8. The molecule has 0 spiro atoms. The number of phenols is 1. The summed E-state index contributed by atoms with van der Waals surface area (Å²) >= 11 is 0. The minimum absolute atomic E-state index is 0.315. The predicted octanol–water partition coefficient (Wildman–Crippen LogP) is 3.57. The molecule has 0 saturated heterocycles. The van der Waals surface area contributed by atoms with Crippen LogP contribution in [0, 0.1) is 0 Å². The molecule has 3 heteroatoms. The molecule has 0 unspecified atom stereocenters. The summed E-state index contributed by atoms with van der Waals surface area (Å²) in [6.45, 7) is 8.07. The Balaban J connectivity index is 1.99. The van der Waals surface area contributed by atoms with Gasteiger partial charge in [-0.15, -0.1) is 0 Å². The van der Waals surface area contributed by atoms with Crippen LogP contribution in [-0.4, -0.2) is 24.7 Å². The minimum atomic E-state index is 0.315. The highest BCUT2D eigenvalue weighted by molar-refractivity contribution is 5.50. The van der Waals surface area contributed by atoms with Crippen molar-refractivity contribution in [3.8, 4) is 5.75 Å². The maximum Gasteiger partial charge on any atom is 0.117 e. The average Bonchev–Trinajstić information content (AvgIpc) is 2.54. The highest BCUT2D eigenvalue weighted by atomic mass is 16.3. The zero-order chi connectivity index (χ0) is 15.8. The number of likely N-dealkylation sites (N-methyl/N-ethyl adjacent to an activating group) is 1. The summed E-state index contributed by atoms with van der Waals surface area (Å²) in [7, 11) is 0. The Bertz CT molecular complexity index is 566. The van der Waals surface area contributed by atoms with Crippen LogP contribution in [0.4, 0.5) is 5.69 Å². The summed E-state index contributed by atoms with van der Waals surface area (Å²) in [4.78, 5) is 2.26. The number of hydrogen-bond acceptors (Lipinski definition) is 3. The lowest BCUT2D eigenvalue weighted by Gasteiger charge is -2.23. The van der Waals surface area contributed by atoms with Crippen molar-refractivity contribution in [1.82, 2.24) is 5.32 Å². The molecule has 0 aliphatic rings. The van der Waals surface area contributed by atoms with Crippen LogP contribution in [0.15, 0.2) is 48.5 Å². The molecule has 118 valence electrons. The first-order valence-corrected chi connectivity index (χ1v) is 8.05. The third-order valence-corrected chi connectivity index (χ3v) is 3.81. The molecule has 2 N–H and O–H groups in total. The van der Waals surface area contributed by atoms with Crippen molar-refractivity contribution >= 4 is 5.69 Å². The molecular formula is C19H26N2O. The van der Waals surface area contributed by atoms with Crippen molar-refractivity contribution in [3.05, 3.63) is 59.7 Å². The summed E-state index contributed by atoms with van der Waals surface area (Å²) in [5, 5.41) is 13.0. The minimum Gasteiger partial charge on any atom is -0.508 e. The topological polar surface area (TPSA) is 35.5 Å². The lowest BCUT2D eigenvalue weighted by molar-refractivity contribution is 0.475. The maximum absolute atomic E-state index is 9.63. The highest BCUT2D eigenvalue weighted by Gasteiger charge is 2.06. The zero-order valence-electron chi connectivity index (χ0n) is 13.5. The third kappa shape index (κ3) is 4.78. The number of anilines is 1. The quantitative estimate of drug-likeness (QED) is 0.731. The molecule has 2 aromatic carbocycles. The van der Waals surface area contributed by atoms with Crippen molar-refractivity contribution in [1.29, 1.82) is 0 Å². The Morgan fingerprint density at radius 1 is 1.00 bits per heavy atom. The number of phenolic OH excluding ortho intramolecular Hbond substituents is 1. The lowest BCUT2D eigenvalue weighted by Crippen LogP contribution is -2.21. The van der Waals surface area contributed by atoms with Gasteiger partial charge in [0.25, 0.3) is 0 Å².